The van der Waals surface area contributed by atoms with Crippen LogP contribution in [0.3, 0.4) is 0 Å². The molecule has 0 amide bonds. The maximum atomic E-state index is 12.6. The van der Waals surface area contributed by atoms with Gasteiger partial charge < -0.3 is 4.74 Å². The number of benzene rings is 2. The van der Waals surface area contributed by atoms with E-state index in [2.05, 4.69) is 51.2 Å². The summed E-state index contributed by atoms with van der Waals surface area (Å²) in [6.45, 7) is 12.6. The molecule has 0 spiro atoms. The van der Waals surface area contributed by atoms with Gasteiger partial charge in [-0.25, -0.2) is 13.1 Å². The van der Waals surface area contributed by atoms with Gasteiger partial charge in [-0.05, 0) is 23.2 Å². The highest BCUT2D eigenvalue weighted by Gasteiger charge is 2.34. The summed E-state index contributed by atoms with van der Waals surface area (Å²) in [6, 6.07) is 11.9. The highest BCUT2D eigenvalue weighted by atomic mass is 32.2. The van der Waals surface area contributed by atoms with E-state index in [1.54, 1.807) is 12.1 Å². The first kappa shape index (κ1) is 22.3. The lowest BCUT2D eigenvalue weighted by molar-refractivity contribution is 0.340. The summed E-state index contributed by atoms with van der Waals surface area (Å²) in [5.41, 5.74) is 0. The number of hydrogen-bond acceptors (Lipinski definition) is 4. The van der Waals surface area contributed by atoms with Crippen molar-refractivity contribution in [1.29, 1.82) is 0 Å². The van der Waals surface area contributed by atoms with Crippen LogP contribution in [0.25, 0.3) is 10.8 Å². The lowest BCUT2D eigenvalue weighted by Crippen LogP contribution is -2.38. The number of rotatable bonds is 8. The fourth-order valence-corrected chi connectivity index (χ4v) is 5.54. The van der Waals surface area contributed by atoms with Crippen LogP contribution in [-0.4, -0.2) is 35.4 Å². The number of nitrogens with one attached hydrogen (secondary N) is 1. The first-order valence-corrected chi connectivity index (χ1v) is 14.6. The molecule has 0 aromatic heterocycles. The number of ether oxygens (including phenoxy) is 1. The standard InChI is InChI=1S/C20H31NO3S2Si/c1-20(2,3)27(4,5)15-13-24-18-10-6-9-17-16(18)8-7-11-19(17)26(22,23)21-12-14-25/h6-11,21,25H,12-15H2,1-5H3. The fourth-order valence-electron chi connectivity index (χ4n) is 2.66. The monoisotopic (exact) mass is 425 g/mol. The minimum atomic E-state index is -3.58. The summed E-state index contributed by atoms with van der Waals surface area (Å²) in [5, 5.41) is 1.81. The Balaban J connectivity index is 2.29. The van der Waals surface area contributed by atoms with Crippen molar-refractivity contribution in [2.45, 2.75) is 49.8 Å². The van der Waals surface area contributed by atoms with Gasteiger partial charge in [-0.3, -0.25) is 0 Å². The number of fused-ring (bicyclic) bond motifs is 1. The predicted octanol–water partition coefficient (Wildman–Crippen LogP) is 4.94. The minimum Gasteiger partial charge on any atom is -0.493 e. The van der Waals surface area contributed by atoms with E-state index in [0.29, 0.717) is 29.3 Å². The Bertz CT molecular complexity index is 890. The van der Waals surface area contributed by atoms with Crippen LogP contribution < -0.4 is 9.46 Å². The molecule has 150 valence electrons. The highest BCUT2D eigenvalue weighted by molar-refractivity contribution is 7.89. The second-order valence-electron chi connectivity index (χ2n) is 8.46. The molecule has 0 unspecified atom stereocenters. The Morgan fingerprint density at radius 1 is 1.07 bits per heavy atom. The Morgan fingerprint density at radius 2 is 1.70 bits per heavy atom. The predicted molar refractivity (Wildman–Crippen MR) is 120 cm³/mol. The van der Waals surface area contributed by atoms with Crippen LogP contribution in [0.4, 0.5) is 0 Å². The third-order valence-corrected chi connectivity index (χ3v) is 12.8. The molecule has 0 saturated carbocycles. The summed E-state index contributed by atoms with van der Waals surface area (Å²) in [5.74, 6) is 1.18. The molecule has 1 N–H and O–H groups in total. The third-order valence-electron chi connectivity index (χ3n) is 5.55. The Kier molecular flexibility index (Phi) is 7.05. The molecule has 2 rings (SSSR count). The molecule has 0 heterocycles. The molecule has 0 aliphatic heterocycles. The van der Waals surface area contributed by atoms with E-state index in [9.17, 15) is 8.42 Å². The molecular weight excluding hydrogens is 394 g/mol. The van der Waals surface area contributed by atoms with Crippen molar-refractivity contribution in [1.82, 2.24) is 4.72 Å². The van der Waals surface area contributed by atoms with Crippen LogP contribution in [0, 0.1) is 0 Å². The Hall–Kier alpha value is -1.02. The average Bonchev–Trinajstić information content (AvgIpc) is 2.58. The molecule has 0 radical (unpaired) electrons. The van der Waals surface area contributed by atoms with E-state index < -0.39 is 18.1 Å². The van der Waals surface area contributed by atoms with E-state index in [0.717, 1.165) is 17.2 Å². The lowest BCUT2D eigenvalue weighted by atomic mass is 10.1. The molecule has 0 atom stereocenters. The van der Waals surface area contributed by atoms with Gasteiger partial charge in [0, 0.05) is 23.1 Å². The van der Waals surface area contributed by atoms with Crippen LogP contribution >= 0.6 is 12.6 Å². The summed E-state index contributed by atoms with van der Waals surface area (Å²) in [4.78, 5) is 0.275. The molecule has 0 saturated heterocycles. The van der Waals surface area contributed by atoms with Gasteiger partial charge in [0.25, 0.3) is 0 Å². The normalized spacial score (nSPS) is 13.1. The molecule has 0 bridgehead atoms. The quantitative estimate of drug-likeness (QED) is 0.465. The summed E-state index contributed by atoms with van der Waals surface area (Å²) in [6.07, 6.45) is 0. The van der Waals surface area contributed by atoms with Gasteiger partial charge in [0.05, 0.1) is 19.6 Å². The molecule has 2 aromatic carbocycles. The highest BCUT2D eigenvalue weighted by Crippen LogP contribution is 2.39. The van der Waals surface area contributed by atoms with E-state index in [4.69, 9.17) is 4.74 Å². The van der Waals surface area contributed by atoms with Crippen molar-refractivity contribution in [3.05, 3.63) is 36.4 Å². The largest absolute Gasteiger partial charge is 0.493 e. The lowest BCUT2D eigenvalue weighted by Gasteiger charge is -2.36. The maximum Gasteiger partial charge on any atom is 0.241 e. The molecule has 4 nitrogen and oxygen atoms in total. The first-order chi connectivity index (χ1) is 12.5. The van der Waals surface area contributed by atoms with Gasteiger partial charge in [-0.2, -0.15) is 12.6 Å². The second-order valence-corrected chi connectivity index (χ2v) is 16.4. The van der Waals surface area contributed by atoms with E-state index in [-0.39, 0.29) is 4.90 Å². The van der Waals surface area contributed by atoms with Crippen molar-refractivity contribution >= 4 is 41.5 Å². The zero-order chi connectivity index (χ0) is 20.3. The van der Waals surface area contributed by atoms with Crippen molar-refractivity contribution in [2.24, 2.45) is 0 Å². The zero-order valence-electron chi connectivity index (χ0n) is 16.9. The number of hydrogen-bond donors (Lipinski definition) is 2. The van der Waals surface area contributed by atoms with Gasteiger partial charge >= 0.3 is 0 Å². The smallest absolute Gasteiger partial charge is 0.241 e. The van der Waals surface area contributed by atoms with Gasteiger partial charge in [0.1, 0.15) is 5.75 Å². The minimum absolute atomic E-state index is 0.275. The summed E-state index contributed by atoms with van der Waals surface area (Å²) >= 11 is 4.07. The SMILES string of the molecule is CC(C)(C)[Si](C)(C)CCOc1cccc2c(S(=O)(=O)NCCS)cccc12. The van der Waals surface area contributed by atoms with Gasteiger partial charge in [-0.15, -0.1) is 0 Å². The van der Waals surface area contributed by atoms with Gasteiger partial charge in [-0.1, -0.05) is 58.1 Å². The maximum absolute atomic E-state index is 12.6. The van der Waals surface area contributed by atoms with Crippen molar-refractivity contribution < 1.29 is 13.2 Å². The van der Waals surface area contributed by atoms with Crippen LogP contribution in [-0.2, 0) is 10.0 Å². The van der Waals surface area contributed by atoms with Gasteiger partial charge in [0.15, 0.2) is 0 Å². The number of sulfonamides is 1. The molecule has 0 aliphatic carbocycles. The first-order valence-electron chi connectivity index (χ1n) is 9.25. The molecule has 7 heteroatoms. The average molecular weight is 426 g/mol. The second kappa shape index (κ2) is 8.55. The zero-order valence-corrected chi connectivity index (χ0v) is 19.6. The third kappa shape index (κ3) is 5.28. The molecule has 0 aliphatic rings. The van der Waals surface area contributed by atoms with Crippen molar-refractivity contribution in [3.8, 4) is 5.75 Å². The van der Waals surface area contributed by atoms with Crippen LogP contribution in [0.2, 0.25) is 24.2 Å². The van der Waals surface area contributed by atoms with Crippen LogP contribution in [0.5, 0.6) is 5.75 Å². The van der Waals surface area contributed by atoms with E-state index in [1.165, 1.54) is 0 Å². The Labute approximate surface area is 170 Å². The number of thiol groups is 1. The fraction of sp³-hybridized carbons (Fsp3) is 0.500. The topological polar surface area (TPSA) is 55.4 Å². The summed E-state index contributed by atoms with van der Waals surface area (Å²) in [7, 11) is -5.00. The molecule has 27 heavy (non-hydrogen) atoms. The molecule has 2 aromatic rings. The summed E-state index contributed by atoms with van der Waals surface area (Å²) < 4.78 is 33.9. The Morgan fingerprint density at radius 3 is 2.33 bits per heavy atom. The van der Waals surface area contributed by atoms with Crippen LogP contribution in [0.1, 0.15) is 20.8 Å². The van der Waals surface area contributed by atoms with Crippen molar-refractivity contribution in [2.75, 3.05) is 18.9 Å². The molecule has 0 fully saturated rings. The van der Waals surface area contributed by atoms with E-state index >= 15 is 0 Å². The molecular formula is C20H31NO3S2Si. The van der Waals surface area contributed by atoms with E-state index in [1.807, 2.05) is 24.3 Å². The van der Waals surface area contributed by atoms with Gasteiger partial charge in [0.2, 0.25) is 10.0 Å². The van der Waals surface area contributed by atoms with Crippen molar-refractivity contribution in [3.63, 3.8) is 0 Å². The van der Waals surface area contributed by atoms with Crippen LogP contribution in [0.15, 0.2) is 41.3 Å².